The Morgan fingerprint density at radius 1 is 1.29 bits per heavy atom. The predicted octanol–water partition coefficient (Wildman–Crippen LogP) is 3.89. The van der Waals surface area contributed by atoms with E-state index in [1.54, 1.807) is 35.7 Å². The normalized spacial score (nSPS) is 11.8. The van der Waals surface area contributed by atoms with Crippen molar-refractivity contribution < 1.29 is 4.79 Å². The van der Waals surface area contributed by atoms with E-state index in [0.29, 0.717) is 16.1 Å². The minimum atomic E-state index is -0.762. The number of carbonyl (C=O) groups excluding carboxylic acids is 1. The van der Waals surface area contributed by atoms with Crippen molar-refractivity contribution in [2.45, 2.75) is 5.92 Å². The monoisotopic (exact) mass is 261 g/mol. The first kappa shape index (κ1) is 11.8. The Balaban J connectivity index is 2.32. The van der Waals surface area contributed by atoms with Crippen molar-refractivity contribution in [3.63, 3.8) is 0 Å². The summed E-state index contributed by atoms with van der Waals surface area (Å²) in [4.78, 5) is 12.1. The molecule has 0 fully saturated rings. The molecule has 1 heterocycles. The van der Waals surface area contributed by atoms with Crippen LogP contribution in [0, 0.1) is 11.3 Å². The molecule has 0 saturated heterocycles. The first-order valence-corrected chi connectivity index (χ1v) is 6.26. The van der Waals surface area contributed by atoms with E-state index in [4.69, 9.17) is 16.9 Å². The summed E-state index contributed by atoms with van der Waals surface area (Å²) in [6, 6.07) is 10.6. The van der Waals surface area contributed by atoms with Gasteiger partial charge in [0.25, 0.3) is 0 Å². The van der Waals surface area contributed by atoms with Gasteiger partial charge in [0.1, 0.15) is 5.92 Å². The standard InChI is InChI=1S/C13H8ClNOS/c14-11-3-1-9(2-4-11)12(7-15)13(16)10-5-6-17-8-10/h1-6,8,12H. The van der Waals surface area contributed by atoms with Gasteiger partial charge in [-0.3, -0.25) is 4.79 Å². The largest absolute Gasteiger partial charge is 0.292 e. The van der Waals surface area contributed by atoms with Crippen molar-refractivity contribution in [3.8, 4) is 6.07 Å². The summed E-state index contributed by atoms with van der Waals surface area (Å²) < 4.78 is 0. The highest BCUT2D eigenvalue weighted by atomic mass is 35.5. The lowest BCUT2D eigenvalue weighted by molar-refractivity contribution is 0.0979. The summed E-state index contributed by atoms with van der Waals surface area (Å²) in [5.41, 5.74) is 1.25. The van der Waals surface area contributed by atoms with E-state index in [9.17, 15) is 4.79 Å². The Kier molecular flexibility index (Phi) is 3.58. The fourth-order valence-electron chi connectivity index (χ4n) is 1.51. The van der Waals surface area contributed by atoms with E-state index in [1.165, 1.54) is 11.3 Å². The summed E-state index contributed by atoms with van der Waals surface area (Å²) >= 11 is 7.21. The van der Waals surface area contributed by atoms with E-state index in [1.807, 2.05) is 11.4 Å². The zero-order valence-electron chi connectivity index (χ0n) is 8.76. The Morgan fingerprint density at radius 3 is 2.53 bits per heavy atom. The minimum Gasteiger partial charge on any atom is -0.292 e. The van der Waals surface area contributed by atoms with Crippen LogP contribution in [0.4, 0.5) is 0 Å². The average molecular weight is 262 g/mol. The third-order valence-electron chi connectivity index (χ3n) is 2.40. The van der Waals surface area contributed by atoms with Crippen LogP contribution in [0.15, 0.2) is 41.1 Å². The van der Waals surface area contributed by atoms with Crippen LogP contribution in [0.1, 0.15) is 21.8 Å². The van der Waals surface area contributed by atoms with Gasteiger partial charge in [0.05, 0.1) is 6.07 Å². The molecule has 1 aromatic heterocycles. The number of carbonyl (C=O) groups is 1. The van der Waals surface area contributed by atoms with E-state index < -0.39 is 5.92 Å². The highest BCUT2D eigenvalue weighted by molar-refractivity contribution is 7.08. The third-order valence-corrected chi connectivity index (χ3v) is 3.34. The van der Waals surface area contributed by atoms with E-state index in [2.05, 4.69) is 0 Å². The zero-order valence-corrected chi connectivity index (χ0v) is 10.3. The molecular formula is C13H8ClNOS. The second-order valence-corrected chi connectivity index (χ2v) is 4.71. The van der Waals surface area contributed by atoms with E-state index in [0.717, 1.165) is 0 Å². The van der Waals surface area contributed by atoms with E-state index >= 15 is 0 Å². The van der Waals surface area contributed by atoms with Gasteiger partial charge in [-0.1, -0.05) is 23.7 Å². The predicted molar refractivity (Wildman–Crippen MR) is 68.5 cm³/mol. The van der Waals surface area contributed by atoms with Crippen molar-refractivity contribution in [2.75, 3.05) is 0 Å². The Labute approximate surface area is 108 Å². The summed E-state index contributed by atoms with van der Waals surface area (Å²) in [6.45, 7) is 0. The van der Waals surface area contributed by atoms with Crippen molar-refractivity contribution in [3.05, 3.63) is 57.2 Å². The highest BCUT2D eigenvalue weighted by Crippen LogP contribution is 2.23. The maximum absolute atomic E-state index is 12.1. The zero-order chi connectivity index (χ0) is 12.3. The quantitative estimate of drug-likeness (QED) is 0.787. The number of benzene rings is 1. The number of hydrogen-bond acceptors (Lipinski definition) is 3. The van der Waals surface area contributed by atoms with Gasteiger partial charge in [-0.05, 0) is 29.1 Å². The van der Waals surface area contributed by atoms with Gasteiger partial charge < -0.3 is 0 Å². The first-order chi connectivity index (χ1) is 8.22. The molecule has 1 atom stereocenters. The smallest absolute Gasteiger partial charge is 0.185 e. The molecule has 0 aliphatic carbocycles. The fraction of sp³-hybridized carbons (Fsp3) is 0.0769. The lowest BCUT2D eigenvalue weighted by atomic mass is 9.93. The number of Topliss-reactive ketones (excluding diaryl/α,β-unsaturated/α-hetero) is 1. The third kappa shape index (κ3) is 2.55. The van der Waals surface area contributed by atoms with Crippen LogP contribution >= 0.6 is 22.9 Å². The summed E-state index contributed by atoms with van der Waals surface area (Å²) in [6.07, 6.45) is 0. The fourth-order valence-corrected chi connectivity index (χ4v) is 2.28. The summed E-state index contributed by atoms with van der Waals surface area (Å²) in [5.74, 6) is -0.932. The van der Waals surface area contributed by atoms with Gasteiger partial charge in [-0.25, -0.2) is 0 Å². The van der Waals surface area contributed by atoms with Gasteiger partial charge in [-0.2, -0.15) is 16.6 Å². The number of nitriles is 1. The average Bonchev–Trinajstić information content (AvgIpc) is 2.86. The number of halogens is 1. The van der Waals surface area contributed by atoms with Crippen molar-refractivity contribution in [1.29, 1.82) is 5.26 Å². The van der Waals surface area contributed by atoms with Crippen molar-refractivity contribution >= 4 is 28.7 Å². The molecule has 2 aromatic rings. The molecule has 17 heavy (non-hydrogen) atoms. The van der Waals surface area contributed by atoms with Crippen LogP contribution in [0.3, 0.4) is 0 Å². The molecular weight excluding hydrogens is 254 g/mol. The topological polar surface area (TPSA) is 40.9 Å². The molecule has 4 heteroatoms. The lowest BCUT2D eigenvalue weighted by Gasteiger charge is -2.07. The summed E-state index contributed by atoms with van der Waals surface area (Å²) in [7, 11) is 0. The SMILES string of the molecule is N#CC(C(=O)c1ccsc1)c1ccc(Cl)cc1. The molecule has 2 rings (SSSR count). The van der Waals surface area contributed by atoms with Gasteiger partial charge in [-0.15, -0.1) is 0 Å². The molecule has 0 spiro atoms. The molecule has 0 N–H and O–H groups in total. The van der Waals surface area contributed by atoms with E-state index in [-0.39, 0.29) is 5.78 Å². The molecule has 0 radical (unpaired) electrons. The van der Waals surface area contributed by atoms with Crippen molar-refractivity contribution in [2.24, 2.45) is 0 Å². The number of hydrogen-bond donors (Lipinski definition) is 0. The maximum Gasteiger partial charge on any atom is 0.185 e. The Bertz CT molecular complexity index is 554. The van der Waals surface area contributed by atoms with Crippen LogP contribution in [0.5, 0.6) is 0 Å². The van der Waals surface area contributed by atoms with Crippen LogP contribution in [0.2, 0.25) is 5.02 Å². The number of rotatable bonds is 3. The molecule has 0 amide bonds. The summed E-state index contributed by atoms with van der Waals surface area (Å²) in [5, 5.41) is 13.3. The number of ketones is 1. The van der Waals surface area contributed by atoms with Crippen LogP contribution in [0.25, 0.3) is 0 Å². The first-order valence-electron chi connectivity index (χ1n) is 4.94. The van der Waals surface area contributed by atoms with Crippen LogP contribution in [-0.2, 0) is 0 Å². The number of thiophene rings is 1. The Morgan fingerprint density at radius 2 is 2.00 bits per heavy atom. The lowest BCUT2D eigenvalue weighted by Crippen LogP contribution is -2.10. The highest BCUT2D eigenvalue weighted by Gasteiger charge is 2.21. The molecule has 0 saturated carbocycles. The number of nitrogens with zero attached hydrogens (tertiary/aromatic N) is 1. The molecule has 1 aromatic carbocycles. The molecule has 0 aliphatic heterocycles. The molecule has 1 unspecified atom stereocenters. The second kappa shape index (κ2) is 5.13. The van der Waals surface area contributed by atoms with Gasteiger partial charge >= 0.3 is 0 Å². The molecule has 84 valence electrons. The van der Waals surface area contributed by atoms with Crippen LogP contribution in [-0.4, -0.2) is 5.78 Å². The maximum atomic E-state index is 12.1. The van der Waals surface area contributed by atoms with Crippen molar-refractivity contribution in [1.82, 2.24) is 0 Å². The van der Waals surface area contributed by atoms with Crippen LogP contribution < -0.4 is 0 Å². The Hall–Kier alpha value is -1.63. The minimum absolute atomic E-state index is 0.170. The molecule has 0 bridgehead atoms. The van der Waals surface area contributed by atoms with Gasteiger partial charge in [0.15, 0.2) is 5.78 Å². The second-order valence-electron chi connectivity index (χ2n) is 3.49. The van der Waals surface area contributed by atoms with Gasteiger partial charge in [0, 0.05) is 16.0 Å². The molecule has 0 aliphatic rings. The van der Waals surface area contributed by atoms with Gasteiger partial charge in [0.2, 0.25) is 0 Å². The molecule has 2 nitrogen and oxygen atoms in total.